The summed E-state index contributed by atoms with van der Waals surface area (Å²) < 4.78 is 0. The zero-order valence-corrected chi connectivity index (χ0v) is 16.4. The molecule has 6 heteroatoms. The summed E-state index contributed by atoms with van der Waals surface area (Å²) in [5.74, 6) is 0.0167. The average Bonchev–Trinajstić information content (AvgIpc) is 2.70. The number of piperazine rings is 1. The average molecular weight is 386 g/mol. The zero-order valence-electron chi connectivity index (χ0n) is 15.7. The number of hydrogen-bond acceptors (Lipinski definition) is 2. The van der Waals surface area contributed by atoms with Crippen LogP contribution in [-0.2, 0) is 6.42 Å². The highest BCUT2D eigenvalue weighted by molar-refractivity contribution is 6.31. The summed E-state index contributed by atoms with van der Waals surface area (Å²) in [4.78, 5) is 28.6. The Kier molecular flexibility index (Phi) is 6.01. The fourth-order valence-electron chi connectivity index (χ4n) is 3.05. The minimum Gasteiger partial charge on any atom is -0.335 e. The number of nitrogens with one attached hydrogen (secondary N) is 1. The van der Waals surface area contributed by atoms with E-state index in [1.54, 1.807) is 15.9 Å². The van der Waals surface area contributed by atoms with E-state index in [-0.39, 0.29) is 11.9 Å². The number of aryl methyl sites for hydroxylation is 2. The van der Waals surface area contributed by atoms with Gasteiger partial charge in [0, 0.05) is 42.5 Å². The summed E-state index contributed by atoms with van der Waals surface area (Å²) in [7, 11) is 0. The van der Waals surface area contributed by atoms with Crippen molar-refractivity contribution in [3.8, 4) is 0 Å². The van der Waals surface area contributed by atoms with Gasteiger partial charge in [0.05, 0.1) is 0 Å². The SMILES string of the molecule is CCc1ccc(C(=O)N2CCN(C(=O)Nc3ccc(C)c(Cl)c3)CC2)cc1. The zero-order chi connectivity index (χ0) is 19.4. The van der Waals surface area contributed by atoms with Gasteiger partial charge in [-0.3, -0.25) is 4.79 Å². The van der Waals surface area contributed by atoms with E-state index in [2.05, 4.69) is 12.2 Å². The molecule has 0 aliphatic carbocycles. The van der Waals surface area contributed by atoms with Crippen LogP contribution in [0.15, 0.2) is 42.5 Å². The van der Waals surface area contributed by atoms with Crippen molar-refractivity contribution < 1.29 is 9.59 Å². The molecular weight excluding hydrogens is 362 g/mol. The molecule has 142 valence electrons. The minimum absolute atomic E-state index is 0.0167. The van der Waals surface area contributed by atoms with E-state index in [4.69, 9.17) is 11.6 Å². The number of carbonyl (C=O) groups excluding carboxylic acids is 2. The molecule has 2 aromatic carbocycles. The molecule has 27 heavy (non-hydrogen) atoms. The molecule has 0 spiro atoms. The van der Waals surface area contributed by atoms with Gasteiger partial charge < -0.3 is 15.1 Å². The Balaban J connectivity index is 1.55. The Morgan fingerprint density at radius 2 is 1.63 bits per heavy atom. The van der Waals surface area contributed by atoms with E-state index in [9.17, 15) is 9.59 Å². The highest BCUT2D eigenvalue weighted by Crippen LogP contribution is 2.20. The molecule has 0 aromatic heterocycles. The van der Waals surface area contributed by atoms with Crippen molar-refractivity contribution in [2.24, 2.45) is 0 Å². The number of urea groups is 1. The molecule has 1 fully saturated rings. The Labute approximate surface area is 164 Å². The lowest BCUT2D eigenvalue weighted by Gasteiger charge is -2.34. The first-order chi connectivity index (χ1) is 13.0. The molecule has 0 saturated carbocycles. The van der Waals surface area contributed by atoms with Gasteiger partial charge in [-0.2, -0.15) is 0 Å². The molecule has 0 radical (unpaired) electrons. The van der Waals surface area contributed by atoms with Gasteiger partial charge in [-0.1, -0.05) is 36.7 Å². The first kappa shape index (κ1) is 19.2. The van der Waals surface area contributed by atoms with E-state index in [1.165, 1.54) is 5.56 Å². The van der Waals surface area contributed by atoms with Crippen molar-refractivity contribution in [1.29, 1.82) is 0 Å². The lowest BCUT2D eigenvalue weighted by molar-refractivity contribution is 0.0671. The van der Waals surface area contributed by atoms with Crippen molar-refractivity contribution in [3.05, 3.63) is 64.2 Å². The summed E-state index contributed by atoms with van der Waals surface area (Å²) in [5.41, 5.74) is 3.54. The van der Waals surface area contributed by atoms with Crippen molar-refractivity contribution in [2.75, 3.05) is 31.5 Å². The monoisotopic (exact) mass is 385 g/mol. The van der Waals surface area contributed by atoms with Gasteiger partial charge in [0.15, 0.2) is 0 Å². The predicted molar refractivity (Wildman–Crippen MR) is 109 cm³/mol. The Morgan fingerprint density at radius 3 is 2.22 bits per heavy atom. The number of hydrogen-bond donors (Lipinski definition) is 1. The van der Waals surface area contributed by atoms with E-state index in [1.807, 2.05) is 43.3 Å². The first-order valence-corrected chi connectivity index (χ1v) is 9.56. The summed E-state index contributed by atoms with van der Waals surface area (Å²) in [6, 6.07) is 13.0. The number of nitrogens with zero attached hydrogens (tertiary/aromatic N) is 2. The Morgan fingerprint density at radius 1 is 1.00 bits per heavy atom. The third-order valence-electron chi connectivity index (χ3n) is 4.89. The van der Waals surface area contributed by atoms with Gasteiger partial charge >= 0.3 is 6.03 Å². The van der Waals surface area contributed by atoms with E-state index >= 15 is 0 Å². The van der Waals surface area contributed by atoms with Gasteiger partial charge in [-0.25, -0.2) is 4.79 Å². The van der Waals surface area contributed by atoms with Gasteiger partial charge in [0.2, 0.25) is 0 Å². The van der Waals surface area contributed by atoms with E-state index < -0.39 is 0 Å². The van der Waals surface area contributed by atoms with Crippen LogP contribution in [0.2, 0.25) is 5.02 Å². The van der Waals surface area contributed by atoms with Crippen LogP contribution in [0.25, 0.3) is 0 Å². The van der Waals surface area contributed by atoms with Gasteiger partial charge in [-0.05, 0) is 48.7 Å². The maximum Gasteiger partial charge on any atom is 0.321 e. The Hall–Kier alpha value is -2.53. The van der Waals surface area contributed by atoms with Crippen LogP contribution in [0.5, 0.6) is 0 Å². The van der Waals surface area contributed by atoms with Crippen LogP contribution in [-0.4, -0.2) is 47.9 Å². The summed E-state index contributed by atoms with van der Waals surface area (Å²) in [6.07, 6.45) is 0.953. The van der Waals surface area contributed by atoms with Crippen LogP contribution < -0.4 is 5.32 Å². The smallest absolute Gasteiger partial charge is 0.321 e. The standard InChI is InChI=1S/C21H24ClN3O2/c1-3-16-5-7-17(8-6-16)20(26)24-10-12-25(13-11-24)21(27)23-18-9-4-15(2)19(22)14-18/h4-9,14H,3,10-13H2,1-2H3,(H,23,27). The second-order valence-corrected chi connectivity index (χ2v) is 7.13. The van der Waals surface area contributed by atoms with Crippen molar-refractivity contribution in [2.45, 2.75) is 20.3 Å². The summed E-state index contributed by atoms with van der Waals surface area (Å²) >= 11 is 6.11. The highest BCUT2D eigenvalue weighted by Gasteiger charge is 2.25. The lowest BCUT2D eigenvalue weighted by atomic mass is 10.1. The van der Waals surface area contributed by atoms with Crippen LogP contribution in [0.3, 0.4) is 0 Å². The van der Waals surface area contributed by atoms with Crippen molar-refractivity contribution in [3.63, 3.8) is 0 Å². The number of carbonyl (C=O) groups is 2. The topological polar surface area (TPSA) is 52.7 Å². The molecule has 3 rings (SSSR count). The third kappa shape index (κ3) is 4.61. The minimum atomic E-state index is -0.172. The molecule has 0 atom stereocenters. The van der Waals surface area contributed by atoms with Crippen LogP contribution in [0.4, 0.5) is 10.5 Å². The second kappa shape index (κ2) is 8.44. The van der Waals surface area contributed by atoms with Crippen molar-refractivity contribution >= 4 is 29.2 Å². The molecule has 1 N–H and O–H groups in total. The maximum atomic E-state index is 12.6. The van der Waals surface area contributed by atoms with Crippen molar-refractivity contribution in [1.82, 2.24) is 9.80 Å². The number of halogens is 1. The quantitative estimate of drug-likeness (QED) is 0.860. The van der Waals surface area contributed by atoms with Gasteiger partial charge in [0.25, 0.3) is 5.91 Å². The molecule has 0 bridgehead atoms. The molecule has 2 aromatic rings. The summed E-state index contributed by atoms with van der Waals surface area (Å²) in [6.45, 7) is 6.06. The van der Waals surface area contributed by atoms with Gasteiger partial charge in [-0.15, -0.1) is 0 Å². The fraction of sp³-hybridized carbons (Fsp3) is 0.333. The first-order valence-electron chi connectivity index (χ1n) is 9.18. The molecule has 0 unspecified atom stereocenters. The van der Waals surface area contributed by atoms with Crippen LogP contribution in [0, 0.1) is 6.92 Å². The normalized spacial score (nSPS) is 14.2. The predicted octanol–water partition coefficient (Wildman–Crippen LogP) is 4.20. The number of amides is 3. The largest absolute Gasteiger partial charge is 0.335 e. The lowest BCUT2D eigenvalue weighted by Crippen LogP contribution is -2.51. The number of benzene rings is 2. The maximum absolute atomic E-state index is 12.6. The van der Waals surface area contributed by atoms with Gasteiger partial charge in [0.1, 0.15) is 0 Å². The summed E-state index contributed by atoms with van der Waals surface area (Å²) in [5, 5.41) is 3.49. The molecule has 5 nitrogen and oxygen atoms in total. The van der Waals surface area contributed by atoms with E-state index in [0.29, 0.717) is 42.5 Å². The molecule has 1 heterocycles. The highest BCUT2D eigenvalue weighted by atomic mass is 35.5. The molecule has 1 aliphatic rings. The molecule has 1 saturated heterocycles. The van der Waals surface area contributed by atoms with Crippen LogP contribution >= 0.6 is 11.6 Å². The second-order valence-electron chi connectivity index (χ2n) is 6.72. The van der Waals surface area contributed by atoms with E-state index in [0.717, 1.165) is 12.0 Å². The molecule has 1 aliphatic heterocycles. The molecule has 3 amide bonds. The fourth-order valence-corrected chi connectivity index (χ4v) is 3.23. The Bertz CT molecular complexity index is 828. The molecular formula is C21H24ClN3O2. The number of anilines is 1. The third-order valence-corrected chi connectivity index (χ3v) is 5.29. The van der Waals surface area contributed by atoms with Crippen LogP contribution in [0.1, 0.15) is 28.4 Å². The number of rotatable bonds is 3.